The molecule has 0 spiro atoms. The Hall–Kier alpha value is -0.830. The number of aryl methyl sites for hydroxylation is 1. The molecule has 0 aliphatic rings. The molecule has 0 unspecified atom stereocenters. The van der Waals surface area contributed by atoms with E-state index in [-0.39, 0.29) is 0 Å². The quantitative estimate of drug-likeness (QED) is 0.587. The molecule has 0 saturated heterocycles. The second-order valence-corrected chi connectivity index (χ2v) is 2.71. The van der Waals surface area contributed by atoms with E-state index in [0.29, 0.717) is 6.04 Å². The summed E-state index contributed by atoms with van der Waals surface area (Å²) in [7, 11) is 1.95. The van der Waals surface area contributed by atoms with Gasteiger partial charge in [0, 0.05) is 18.3 Å². The van der Waals surface area contributed by atoms with Crippen LogP contribution < -0.4 is 5.73 Å². The molecule has 0 aliphatic carbocycles. The fourth-order valence-corrected chi connectivity index (χ4v) is 0.999. The second-order valence-electron chi connectivity index (χ2n) is 2.71. The van der Waals surface area contributed by atoms with Gasteiger partial charge >= 0.3 is 0 Å². The maximum Gasteiger partial charge on any atom is 0.110 e. The molecule has 1 heterocycles. The SMILES string of the molecule is Cc1c([C@H](C)[NH3+])cnn1C. The summed E-state index contributed by atoms with van der Waals surface area (Å²) < 4.78 is 1.87. The molecule has 0 fully saturated rings. The number of hydrogen-bond donors (Lipinski definition) is 1. The first-order valence-electron chi connectivity index (χ1n) is 3.44. The standard InChI is InChI=1S/C7H13N3/c1-5(8)7-4-9-10(3)6(7)2/h4-5H,8H2,1-3H3/p+1/t5-/m0/s1. The fraction of sp³-hybridized carbons (Fsp3) is 0.571. The van der Waals surface area contributed by atoms with Crippen molar-refractivity contribution in [2.24, 2.45) is 7.05 Å². The third kappa shape index (κ3) is 1.04. The van der Waals surface area contributed by atoms with Crippen LogP contribution in [0.25, 0.3) is 0 Å². The van der Waals surface area contributed by atoms with E-state index in [1.165, 1.54) is 11.3 Å². The van der Waals surface area contributed by atoms with Crippen molar-refractivity contribution in [1.29, 1.82) is 0 Å². The molecule has 0 aromatic carbocycles. The molecule has 3 N–H and O–H groups in total. The molecule has 1 atom stereocenters. The summed E-state index contributed by atoms with van der Waals surface area (Å²) in [6.07, 6.45) is 1.88. The van der Waals surface area contributed by atoms with Gasteiger partial charge in [0.1, 0.15) is 6.04 Å². The molecule has 1 aromatic rings. The molecule has 1 aromatic heterocycles. The normalized spacial score (nSPS) is 13.6. The van der Waals surface area contributed by atoms with Gasteiger partial charge in [0.25, 0.3) is 0 Å². The van der Waals surface area contributed by atoms with Gasteiger partial charge in [-0.05, 0) is 13.8 Å². The average molecular weight is 140 g/mol. The zero-order chi connectivity index (χ0) is 7.72. The van der Waals surface area contributed by atoms with Crippen LogP contribution in [0.2, 0.25) is 0 Å². The van der Waals surface area contributed by atoms with Crippen LogP contribution in [0, 0.1) is 6.92 Å². The summed E-state index contributed by atoms with van der Waals surface area (Å²) in [5, 5.41) is 4.11. The van der Waals surface area contributed by atoms with Crippen molar-refractivity contribution >= 4 is 0 Å². The maximum absolute atomic E-state index is 4.11. The van der Waals surface area contributed by atoms with Crippen LogP contribution in [-0.2, 0) is 7.05 Å². The number of quaternary nitrogens is 1. The minimum absolute atomic E-state index is 0.341. The van der Waals surface area contributed by atoms with Crippen LogP contribution in [0.15, 0.2) is 6.20 Å². The summed E-state index contributed by atoms with van der Waals surface area (Å²) in [5.41, 5.74) is 6.38. The van der Waals surface area contributed by atoms with Crippen LogP contribution in [0.4, 0.5) is 0 Å². The number of rotatable bonds is 1. The molecule has 10 heavy (non-hydrogen) atoms. The highest BCUT2D eigenvalue weighted by atomic mass is 15.3. The molecule has 0 bridgehead atoms. The highest BCUT2D eigenvalue weighted by molar-refractivity contribution is 5.17. The minimum Gasteiger partial charge on any atom is -0.351 e. The lowest BCUT2D eigenvalue weighted by atomic mass is 10.1. The number of aromatic nitrogens is 2. The predicted octanol–water partition coefficient (Wildman–Crippen LogP) is 0.0314. The smallest absolute Gasteiger partial charge is 0.110 e. The Morgan fingerprint density at radius 1 is 1.70 bits per heavy atom. The van der Waals surface area contributed by atoms with Gasteiger partial charge in [0.2, 0.25) is 0 Å². The van der Waals surface area contributed by atoms with Crippen molar-refractivity contribution in [1.82, 2.24) is 9.78 Å². The van der Waals surface area contributed by atoms with Crippen molar-refractivity contribution in [3.8, 4) is 0 Å². The largest absolute Gasteiger partial charge is 0.351 e. The molecule has 3 heteroatoms. The van der Waals surface area contributed by atoms with Gasteiger partial charge in [-0.1, -0.05) is 0 Å². The predicted molar refractivity (Wildman–Crippen MR) is 39.2 cm³/mol. The Morgan fingerprint density at radius 3 is 2.50 bits per heavy atom. The zero-order valence-corrected chi connectivity index (χ0v) is 6.76. The van der Waals surface area contributed by atoms with E-state index in [9.17, 15) is 0 Å². The van der Waals surface area contributed by atoms with E-state index >= 15 is 0 Å². The Morgan fingerprint density at radius 2 is 2.30 bits per heavy atom. The molecule has 0 radical (unpaired) electrons. The van der Waals surface area contributed by atoms with E-state index in [4.69, 9.17) is 0 Å². The summed E-state index contributed by atoms with van der Waals surface area (Å²) in [4.78, 5) is 0. The van der Waals surface area contributed by atoms with Gasteiger partial charge in [0.15, 0.2) is 0 Å². The lowest BCUT2D eigenvalue weighted by molar-refractivity contribution is -0.420. The van der Waals surface area contributed by atoms with Crippen LogP contribution in [0.5, 0.6) is 0 Å². The van der Waals surface area contributed by atoms with Crippen molar-refractivity contribution in [3.05, 3.63) is 17.5 Å². The van der Waals surface area contributed by atoms with Gasteiger partial charge in [0.05, 0.1) is 6.20 Å². The van der Waals surface area contributed by atoms with Crippen molar-refractivity contribution in [2.45, 2.75) is 19.9 Å². The van der Waals surface area contributed by atoms with E-state index in [0.717, 1.165) is 0 Å². The average Bonchev–Trinajstić information content (AvgIpc) is 2.14. The van der Waals surface area contributed by atoms with Crippen molar-refractivity contribution in [3.63, 3.8) is 0 Å². The zero-order valence-electron chi connectivity index (χ0n) is 6.76. The van der Waals surface area contributed by atoms with Gasteiger partial charge in [-0.3, -0.25) is 4.68 Å². The Balaban J connectivity index is 3.05. The van der Waals surface area contributed by atoms with Crippen molar-refractivity contribution < 1.29 is 5.73 Å². The molecule has 0 amide bonds. The first-order chi connectivity index (χ1) is 4.63. The summed E-state index contributed by atoms with van der Waals surface area (Å²) in [6.45, 7) is 4.13. The minimum atomic E-state index is 0.341. The third-order valence-corrected chi connectivity index (χ3v) is 1.80. The van der Waals surface area contributed by atoms with Gasteiger partial charge in [-0.2, -0.15) is 5.10 Å². The second kappa shape index (κ2) is 2.42. The van der Waals surface area contributed by atoms with E-state index in [1.54, 1.807) is 0 Å². The lowest BCUT2D eigenvalue weighted by Crippen LogP contribution is -2.51. The molecular formula is C7H14N3+. The van der Waals surface area contributed by atoms with Crippen LogP contribution in [0.3, 0.4) is 0 Å². The molecule has 1 rings (SSSR count). The summed E-state index contributed by atoms with van der Waals surface area (Å²) in [5.74, 6) is 0. The van der Waals surface area contributed by atoms with Gasteiger partial charge in [-0.25, -0.2) is 0 Å². The van der Waals surface area contributed by atoms with E-state index in [1.807, 2.05) is 17.9 Å². The first-order valence-corrected chi connectivity index (χ1v) is 3.44. The Kier molecular flexibility index (Phi) is 1.76. The topological polar surface area (TPSA) is 45.5 Å². The van der Waals surface area contributed by atoms with Gasteiger partial charge in [-0.15, -0.1) is 0 Å². The van der Waals surface area contributed by atoms with Gasteiger partial charge < -0.3 is 5.73 Å². The first kappa shape index (κ1) is 7.28. The van der Waals surface area contributed by atoms with Crippen LogP contribution in [-0.4, -0.2) is 9.78 Å². The number of hydrogen-bond acceptors (Lipinski definition) is 1. The maximum atomic E-state index is 4.11. The van der Waals surface area contributed by atoms with E-state index < -0.39 is 0 Å². The molecular weight excluding hydrogens is 126 g/mol. The molecule has 56 valence electrons. The third-order valence-electron chi connectivity index (χ3n) is 1.80. The van der Waals surface area contributed by atoms with Crippen molar-refractivity contribution in [2.75, 3.05) is 0 Å². The summed E-state index contributed by atoms with van der Waals surface area (Å²) in [6, 6.07) is 0.341. The van der Waals surface area contributed by atoms with Crippen LogP contribution >= 0.6 is 0 Å². The summed E-state index contributed by atoms with van der Waals surface area (Å²) >= 11 is 0. The molecule has 0 saturated carbocycles. The Labute approximate surface area is 60.8 Å². The van der Waals surface area contributed by atoms with E-state index in [2.05, 4.69) is 24.7 Å². The monoisotopic (exact) mass is 140 g/mol. The lowest BCUT2D eigenvalue weighted by Gasteiger charge is -1.99. The fourth-order valence-electron chi connectivity index (χ4n) is 0.999. The molecule has 3 nitrogen and oxygen atoms in total. The Bertz CT molecular complexity index is 225. The van der Waals surface area contributed by atoms with Crippen LogP contribution in [0.1, 0.15) is 24.2 Å². The number of nitrogens with zero attached hydrogens (tertiary/aromatic N) is 2. The highest BCUT2D eigenvalue weighted by Gasteiger charge is 2.09. The highest BCUT2D eigenvalue weighted by Crippen LogP contribution is 2.10. The molecule has 0 aliphatic heterocycles.